The summed E-state index contributed by atoms with van der Waals surface area (Å²) in [5.74, 6) is -0.494. The second-order valence-corrected chi connectivity index (χ2v) is 9.19. The molecule has 1 atom stereocenters. The maximum Gasteiger partial charge on any atom is 0.309 e. The number of carbonyl (C=O) groups excluding carboxylic acids is 2. The van der Waals surface area contributed by atoms with Crippen LogP contribution in [0, 0.1) is 5.92 Å². The third-order valence-electron chi connectivity index (χ3n) is 4.96. The number of hydrogen-bond acceptors (Lipinski definition) is 6. The Balaban J connectivity index is 1.97. The molecule has 1 aromatic carbocycles. The van der Waals surface area contributed by atoms with Gasteiger partial charge in [-0.2, -0.15) is 0 Å². The molecule has 0 aromatic heterocycles. The number of likely N-dealkylation sites (tertiary alicyclic amines) is 1. The monoisotopic (exact) mass is 411 g/mol. The van der Waals surface area contributed by atoms with Gasteiger partial charge in [-0.05, 0) is 58.0 Å². The second kappa shape index (κ2) is 9.49. The Morgan fingerprint density at radius 3 is 2.50 bits per heavy atom. The van der Waals surface area contributed by atoms with Crippen molar-refractivity contribution in [2.75, 3.05) is 39.1 Å². The number of nitrogens with zero attached hydrogens (tertiary/aromatic N) is 2. The normalized spacial score (nSPS) is 17.3. The van der Waals surface area contributed by atoms with Gasteiger partial charge in [0.05, 0.1) is 23.5 Å². The van der Waals surface area contributed by atoms with Gasteiger partial charge in [-0.15, -0.1) is 0 Å². The number of esters is 1. The average Bonchev–Trinajstić information content (AvgIpc) is 2.67. The molecule has 1 saturated heterocycles. The molecular formula is C19H29N3O5S. The number of benzene rings is 1. The summed E-state index contributed by atoms with van der Waals surface area (Å²) in [5.41, 5.74) is 0.432. The van der Waals surface area contributed by atoms with Crippen molar-refractivity contribution >= 4 is 27.6 Å². The molecule has 1 fully saturated rings. The zero-order valence-corrected chi connectivity index (χ0v) is 17.7. The zero-order chi connectivity index (χ0) is 20.9. The van der Waals surface area contributed by atoms with E-state index < -0.39 is 16.1 Å². The molecule has 9 heteroatoms. The zero-order valence-electron chi connectivity index (χ0n) is 16.8. The minimum Gasteiger partial charge on any atom is -0.466 e. The van der Waals surface area contributed by atoms with Gasteiger partial charge >= 0.3 is 5.97 Å². The first-order valence-corrected chi connectivity index (χ1v) is 10.8. The fourth-order valence-corrected chi connectivity index (χ4v) is 4.09. The lowest BCUT2D eigenvalue weighted by Gasteiger charge is -2.34. The van der Waals surface area contributed by atoms with Crippen molar-refractivity contribution in [2.24, 2.45) is 5.92 Å². The minimum absolute atomic E-state index is 0.112. The molecule has 1 aliphatic rings. The predicted octanol–water partition coefficient (Wildman–Crippen LogP) is 1.54. The van der Waals surface area contributed by atoms with Crippen molar-refractivity contribution in [3.05, 3.63) is 24.3 Å². The Bertz CT molecular complexity index is 802. The highest BCUT2D eigenvalue weighted by Gasteiger charge is 2.30. The van der Waals surface area contributed by atoms with E-state index in [9.17, 15) is 18.0 Å². The van der Waals surface area contributed by atoms with Crippen molar-refractivity contribution in [2.45, 2.75) is 37.6 Å². The fourth-order valence-electron chi connectivity index (χ4n) is 3.14. The standard InChI is InChI=1S/C19H29N3O5S/c1-5-27-19(24)15-9-11-22(12-10-15)14(2)18(23)20-16-7-6-8-17(13-16)28(25,26)21(3)4/h6-8,13-15H,5,9-12H2,1-4H3,(H,20,23)/t14-/m0/s1. The quantitative estimate of drug-likeness (QED) is 0.684. The predicted molar refractivity (Wildman–Crippen MR) is 106 cm³/mol. The highest BCUT2D eigenvalue weighted by molar-refractivity contribution is 7.89. The van der Waals surface area contributed by atoms with Gasteiger partial charge in [0.2, 0.25) is 15.9 Å². The average molecular weight is 412 g/mol. The molecule has 0 saturated carbocycles. The smallest absolute Gasteiger partial charge is 0.309 e. The van der Waals surface area contributed by atoms with Crippen LogP contribution >= 0.6 is 0 Å². The number of piperidine rings is 1. The number of sulfonamides is 1. The number of nitrogens with one attached hydrogen (secondary N) is 1. The van der Waals surface area contributed by atoms with Crippen LogP contribution in [0.15, 0.2) is 29.2 Å². The number of anilines is 1. The molecule has 0 aliphatic carbocycles. The summed E-state index contributed by atoms with van der Waals surface area (Å²) in [6.07, 6.45) is 1.32. The van der Waals surface area contributed by atoms with Crippen molar-refractivity contribution in [3.8, 4) is 0 Å². The lowest BCUT2D eigenvalue weighted by atomic mass is 9.96. The van der Waals surface area contributed by atoms with Gasteiger partial charge in [0.15, 0.2) is 0 Å². The van der Waals surface area contributed by atoms with E-state index in [0.29, 0.717) is 38.2 Å². The summed E-state index contributed by atoms with van der Waals surface area (Å²) >= 11 is 0. The van der Waals surface area contributed by atoms with E-state index >= 15 is 0 Å². The summed E-state index contributed by atoms with van der Waals surface area (Å²) in [5, 5.41) is 2.79. The maximum absolute atomic E-state index is 12.6. The Labute approximate surface area is 166 Å². The van der Waals surface area contributed by atoms with Crippen molar-refractivity contribution in [1.29, 1.82) is 0 Å². The van der Waals surface area contributed by atoms with E-state index in [4.69, 9.17) is 4.74 Å². The number of amides is 1. The second-order valence-electron chi connectivity index (χ2n) is 7.04. The van der Waals surface area contributed by atoms with Gasteiger partial charge in [-0.3, -0.25) is 14.5 Å². The van der Waals surface area contributed by atoms with E-state index in [-0.39, 0.29) is 22.7 Å². The Morgan fingerprint density at radius 1 is 1.29 bits per heavy atom. The number of carbonyl (C=O) groups is 2. The number of ether oxygens (including phenoxy) is 1. The highest BCUT2D eigenvalue weighted by atomic mass is 32.2. The number of hydrogen-bond donors (Lipinski definition) is 1. The van der Waals surface area contributed by atoms with E-state index in [1.807, 2.05) is 4.90 Å². The Kier molecular flexibility index (Phi) is 7.56. The Morgan fingerprint density at radius 2 is 1.93 bits per heavy atom. The molecule has 1 aromatic rings. The molecular weight excluding hydrogens is 382 g/mol. The number of rotatable bonds is 7. The van der Waals surface area contributed by atoms with Crippen molar-refractivity contribution < 1.29 is 22.7 Å². The molecule has 1 N–H and O–H groups in total. The van der Waals surface area contributed by atoms with Crippen molar-refractivity contribution in [1.82, 2.24) is 9.21 Å². The lowest BCUT2D eigenvalue weighted by molar-refractivity contribution is -0.149. The summed E-state index contributed by atoms with van der Waals surface area (Å²) in [6, 6.07) is 5.81. The van der Waals surface area contributed by atoms with Crippen LogP contribution in [-0.4, -0.2) is 69.3 Å². The van der Waals surface area contributed by atoms with Crippen LogP contribution in [0.4, 0.5) is 5.69 Å². The highest BCUT2D eigenvalue weighted by Crippen LogP contribution is 2.22. The topological polar surface area (TPSA) is 96.0 Å². The van der Waals surface area contributed by atoms with Crippen molar-refractivity contribution in [3.63, 3.8) is 0 Å². The van der Waals surface area contributed by atoms with Crippen LogP contribution in [0.3, 0.4) is 0 Å². The molecule has 156 valence electrons. The van der Waals surface area contributed by atoms with Crippen LogP contribution in [-0.2, 0) is 24.3 Å². The Hall–Kier alpha value is -1.97. The van der Waals surface area contributed by atoms with E-state index in [0.717, 1.165) is 4.31 Å². The van der Waals surface area contributed by atoms with Crippen LogP contribution in [0.5, 0.6) is 0 Å². The van der Waals surface area contributed by atoms with Crippen LogP contribution in [0.1, 0.15) is 26.7 Å². The third kappa shape index (κ3) is 5.30. The molecule has 0 radical (unpaired) electrons. The molecule has 28 heavy (non-hydrogen) atoms. The first kappa shape index (κ1) is 22.3. The van der Waals surface area contributed by atoms with E-state index in [1.54, 1.807) is 26.0 Å². The summed E-state index contributed by atoms with van der Waals surface area (Å²) < 4.78 is 30.7. The molecule has 1 amide bonds. The molecule has 0 unspecified atom stereocenters. The van der Waals surface area contributed by atoms with Gasteiger partial charge in [0.25, 0.3) is 0 Å². The van der Waals surface area contributed by atoms with Gasteiger partial charge in [-0.25, -0.2) is 12.7 Å². The van der Waals surface area contributed by atoms with Crippen LogP contribution < -0.4 is 5.32 Å². The van der Waals surface area contributed by atoms with Gasteiger partial charge in [0, 0.05) is 19.8 Å². The lowest BCUT2D eigenvalue weighted by Crippen LogP contribution is -2.47. The molecule has 1 heterocycles. The van der Waals surface area contributed by atoms with Gasteiger partial charge in [-0.1, -0.05) is 6.07 Å². The first-order chi connectivity index (χ1) is 13.2. The maximum atomic E-state index is 12.6. The minimum atomic E-state index is -3.57. The summed E-state index contributed by atoms with van der Waals surface area (Å²) in [4.78, 5) is 26.6. The van der Waals surface area contributed by atoms with Crippen LogP contribution in [0.25, 0.3) is 0 Å². The molecule has 0 spiro atoms. The summed E-state index contributed by atoms with van der Waals surface area (Å²) in [7, 11) is -0.645. The molecule has 1 aliphatic heterocycles. The summed E-state index contributed by atoms with van der Waals surface area (Å²) in [6.45, 7) is 5.24. The van der Waals surface area contributed by atoms with Gasteiger partial charge < -0.3 is 10.1 Å². The molecule has 0 bridgehead atoms. The van der Waals surface area contributed by atoms with E-state index in [2.05, 4.69) is 5.32 Å². The largest absolute Gasteiger partial charge is 0.466 e. The first-order valence-electron chi connectivity index (χ1n) is 9.41. The SMILES string of the molecule is CCOC(=O)C1CCN([C@@H](C)C(=O)Nc2cccc(S(=O)(=O)N(C)C)c2)CC1. The fraction of sp³-hybridized carbons (Fsp3) is 0.579. The third-order valence-corrected chi connectivity index (χ3v) is 6.77. The molecule has 2 rings (SSSR count). The van der Waals surface area contributed by atoms with E-state index in [1.165, 1.54) is 26.2 Å². The van der Waals surface area contributed by atoms with Crippen LogP contribution in [0.2, 0.25) is 0 Å². The van der Waals surface area contributed by atoms with Gasteiger partial charge in [0.1, 0.15) is 0 Å². The molecule has 8 nitrogen and oxygen atoms in total.